The Morgan fingerprint density at radius 2 is 1.67 bits per heavy atom. The molecule has 0 aliphatic heterocycles. The minimum atomic E-state index is -4.01. The molecule has 0 fully saturated rings. The molecule has 0 atom stereocenters. The number of aromatic nitrogens is 3. The zero-order chi connectivity index (χ0) is 30.2. The zero-order valence-corrected chi connectivity index (χ0v) is 25.2. The van der Waals surface area contributed by atoms with E-state index in [0.29, 0.717) is 21.4 Å². The third-order valence-corrected chi connectivity index (χ3v) is 8.25. The highest BCUT2D eigenvalue weighted by atomic mass is 32.2. The van der Waals surface area contributed by atoms with Crippen molar-refractivity contribution in [3.05, 3.63) is 84.8 Å². The van der Waals surface area contributed by atoms with Crippen molar-refractivity contribution >= 4 is 39.5 Å². The number of carbonyl (C=O) groups is 1. The van der Waals surface area contributed by atoms with Crippen LogP contribution in [0.1, 0.15) is 26.3 Å². The SMILES string of the molecule is COc1ccccc1Sc1c(NS(=O)(=O)c2ccc(C(C)(C)C)cc2)ncnc1OCCOC(=O)Nc1ccccn1. The molecule has 0 unspecified atom stereocenters. The molecular formula is C29H31N5O6S2. The van der Waals surface area contributed by atoms with Gasteiger partial charge in [-0.15, -0.1) is 0 Å². The molecule has 0 spiro atoms. The number of nitrogens with zero attached hydrogens (tertiary/aromatic N) is 3. The third-order valence-electron chi connectivity index (χ3n) is 5.76. The number of amides is 1. The fourth-order valence-electron chi connectivity index (χ4n) is 3.61. The Bertz CT molecular complexity index is 1610. The van der Waals surface area contributed by atoms with Gasteiger partial charge in [0.1, 0.15) is 36.0 Å². The second-order valence-corrected chi connectivity index (χ2v) is 12.5. The van der Waals surface area contributed by atoms with Crippen molar-refractivity contribution < 1.29 is 27.4 Å². The van der Waals surface area contributed by atoms with E-state index in [9.17, 15) is 13.2 Å². The minimum absolute atomic E-state index is 0.0182. The summed E-state index contributed by atoms with van der Waals surface area (Å²) in [6.45, 7) is 5.98. The van der Waals surface area contributed by atoms with Crippen molar-refractivity contribution in [2.45, 2.75) is 40.9 Å². The number of nitrogens with one attached hydrogen (secondary N) is 2. The quantitative estimate of drug-likeness (QED) is 0.202. The lowest BCUT2D eigenvalue weighted by Crippen LogP contribution is -2.19. The van der Waals surface area contributed by atoms with E-state index in [1.807, 2.05) is 18.2 Å². The van der Waals surface area contributed by atoms with Crippen LogP contribution in [-0.4, -0.2) is 49.8 Å². The number of ether oxygens (including phenoxy) is 3. The first-order chi connectivity index (χ1) is 20.1. The van der Waals surface area contributed by atoms with Gasteiger partial charge in [0.05, 0.1) is 16.9 Å². The molecule has 2 aromatic carbocycles. The molecule has 0 aliphatic carbocycles. The van der Waals surface area contributed by atoms with Crippen molar-refractivity contribution in [1.29, 1.82) is 0 Å². The molecular weight excluding hydrogens is 578 g/mol. The van der Waals surface area contributed by atoms with Gasteiger partial charge in [-0.2, -0.15) is 0 Å². The molecule has 4 aromatic rings. The van der Waals surface area contributed by atoms with E-state index in [-0.39, 0.29) is 35.2 Å². The fraction of sp³-hybridized carbons (Fsp3) is 0.241. The number of methoxy groups -OCH3 is 1. The number of para-hydroxylation sites is 1. The number of carbonyl (C=O) groups excluding carboxylic acids is 1. The Morgan fingerprint density at radius 1 is 0.929 bits per heavy atom. The number of rotatable bonds is 11. The van der Waals surface area contributed by atoms with Crippen molar-refractivity contribution in [2.24, 2.45) is 0 Å². The minimum Gasteiger partial charge on any atom is -0.496 e. The van der Waals surface area contributed by atoms with Gasteiger partial charge in [0.25, 0.3) is 10.0 Å². The highest BCUT2D eigenvalue weighted by molar-refractivity contribution is 7.99. The molecule has 0 aliphatic rings. The first kappa shape index (κ1) is 30.6. The summed E-state index contributed by atoms with van der Waals surface area (Å²) in [6, 6.07) is 19.0. The summed E-state index contributed by atoms with van der Waals surface area (Å²) in [7, 11) is -2.47. The smallest absolute Gasteiger partial charge is 0.412 e. The number of benzene rings is 2. The molecule has 0 radical (unpaired) electrons. The first-order valence-corrected chi connectivity index (χ1v) is 15.1. The normalized spacial score (nSPS) is 11.4. The van der Waals surface area contributed by atoms with Crippen LogP contribution in [0.3, 0.4) is 0 Å². The van der Waals surface area contributed by atoms with Gasteiger partial charge in [-0.1, -0.05) is 62.9 Å². The summed E-state index contributed by atoms with van der Waals surface area (Å²) in [6.07, 6.45) is 2.03. The van der Waals surface area contributed by atoms with Crippen molar-refractivity contribution in [3.63, 3.8) is 0 Å². The topological polar surface area (TPSA) is 142 Å². The van der Waals surface area contributed by atoms with Crippen molar-refractivity contribution in [3.8, 4) is 11.6 Å². The van der Waals surface area contributed by atoms with Crippen LogP contribution >= 0.6 is 11.8 Å². The van der Waals surface area contributed by atoms with E-state index < -0.39 is 16.1 Å². The maximum Gasteiger partial charge on any atom is 0.412 e. The highest BCUT2D eigenvalue weighted by Crippen LogP contribution is 2.42. The van der Waals surface area contributed by atoms with Crippen LogP contribution in [0, 0.1) is 0 Å². The summed E-state index contributed by atoms with van der Waals surface area (Å²) in [5.41, 5.74) is 0.873. The summed E-state index contributed by atoms with van der Waals surface area (Å²) in [5, 5.41) is 2.51. The predicted molar refractivity (Wildman–Crippen MR) is 160 cm³/mol. The van der Waals surface area contributed by atoms with Crippen molar-refractivity contribution in [2.75, 3.05) is 30.4 Å². The maximum atomic E-state index is 13.4. The lowest BCUT2D eigenvalue weighted by Gasteiger charge is -2.19. The van der Waals surface area contributed by atoms with Crippen LogP contribution in [-0.2, 0) is 20.2 Å². The predicted octanol–water partition coefficient (Wildman–Crippen LogP) is 5.76. The standard InChI is InChI=1S/C29H31N5O6S2/c1-29(2,3)20-12-14-21(15-13-20)42(36,37)34-26-25(41-23-10-6-5-9-22(23)38-4)27(32-19-31-26)39-17-18-40-28(35)33-24-11-7-8-16-30-24/h5-16,19H,17-18H2,1-4H3,(H,30,33,35)(H,31,32,34). The Balaban J connectivity index is 1.55. The van der Waals surface area contributed by atoms with Gasteiger partial charge in [0, 0.05) is 6.20 Å². The number of hydrogen-bond acceptors (Lipinski definition) is 10. The van der Waals surface area contributed by atoms with E-state index in [1.54, 1.807) is 54.7 Å². The first-order valence-electron chi connectivity index (χ1n) is 12.8. The van der Waals surface area contributed by atoms with Crippen LogP contribution < -0.4 is 19.5 Å². The van der Waals surface area contributed by atoms with Crippen LogP contribution in [0.25, 0.3) is 0 Å². The van der Waals surface area contributed by atoms with Crippen LogP contribution in [0.5, 0.6) is 11.6 Å². The van der Waals surface area contributed by atoms with E-state index >= 15 is 0 Å². The molecule has 2 N–H and O–H groups in total. The van der Waals surface area contributed by atoms with Gasteiger partial charge in [0.2, 0.25) is 5.88 Å². The highest BCUT2D eigenvalue weighted by Gasteiger charge is 2.23. The molecule has 11 nitrogen and oxygen atoms in total. The monoisotopic (exact) mass is 609 g/mol. The molecule has 0 saturated heterocycles. The Kier molecular flexibility index (Phi) is 9.86. The number of hydrogen-bond donors (Lipinski definition) is 2. The van der Waals surface area contributed by atoms with E-state index in [0.717, 1.165) is 5.56 Å². The molecule has 2 aromatic heterocycles. The Morgan fingerprint density at radius 3 is 2.36 bits per heavy atom. The summed E-state index contributed by atoms with van der Waals surface area (Å²) in [4.78, 5) is 25.6. The maximum absolute atomic E-state index is 13.4. The molecule has 0 saturated carbocycles. The van der Waals surface area contributed by atoms with Gasteiger partial charge in [-0.3, -0.25) is 10.0 Å². The second-order valence-electron chi connectivity index (χ2n) is 9.81. The molecule has 220 valence electrons. The molecule has 4 rings (SSSR count). The molecule has 13 heteroatoms. The summed E-state index contributed by atoms with van der Waals surface area (Å²) >= 11 is 1.17. The van der Waals surface area contributed by atoms with E-state index in [4.69, 9.17) is 14.2 Å². The third kappa shape index (κ3) is 8.10. The van der Waals surface area contributed by atoms with Gasteiger partial charge >= 0.3 is 6.09 Å². The Labute approximate surface area is 249 Å². The van der Waals surface area contributed by atoms with Gasteiger partial charge in [-0.05, 0) is 47.4 Å². The summed E-state index contributed by atoms with van der Waals surface area (Å²) < 4.78 is 45.8. The summed E-state index contributed by atoms with van der Waals surface area (Å²) in [5.74, 6) is 1.03. The van der Waals surface area contributed by atoms with Crippen LogP contribution in [0.4, 0.5) is 16.4 Å². The average Bonchev–Trinajstić information content (AvgIpc) is 2.97. The van der Waals surface area contributed by atoms with Gasteiger partial charge in [-0.25, -0.2) is 28.2 Å². The largest absolute Gasteiger partial charge is 0.496 e. The zero-order valence-electron chi connectivity index (χ0n) is 23.5. The van der Waals surface area contributed by atoms with Gasteiger partial charge in [0.15, 0.2) is 5.82 Å². The van der Waals surface area contributed by atoms with E-state index in [2.05, 4.69) is 45.8 Å². The number of pyridine rings is 1. The molecule has 0 bridgehead atoms. The van der Waals surface area contributed by atoms with Crippen LogP contribution in [0.2, 0.25) is 0 Å². The number of sulfonamides is 1. The molecule has 42 heavy (non-hydrogen) atoms. The van der Waals surface area contributed by atoms with Gasteiger partial charge < -0.3 is 14.2 Å². The molecule has 2 heterocycles. The van der Waals surface area contributed by atoms with E-state index in [1.165, 1.54) is 25.2 Å². The number of anilines is 2. The van der Waals surface area contributed by atoms with Crippen molar-refractivity contribution in [1.82, 2.24) is 15.0 Å². The molecule has 1 amide bonds. The fourth-order valence-corrected chi connectivity index (χ4v) is 5.71. The average molecular weight is 610 g/mol. The Hall–Kier alpha value is -4.36. The van der Waals surface area contributed by atoms with Crippen LogP contribution in [0.15, 0.2) is 93.9 Å². The second kappa shape index (κ2) is 13.5. The lowest BCUT2D eigenvalue weighted by atomic mass is 9.87. The lowest BCUT2D eigenvalue weighted by molar-refractivity contribution is 0.135.